The van der Waals surface area contributed by atoms with Gasteiger partial charge in [-0.15, -0.1) is 0 Å². The first-order valence-electron chi connectivity index (χ1n) is 7.63. The van der Waals surface area contributed by atoms with E-state index in [9.17, 15) is 9.59 Å². The second kappa shape index (κ2) is 9.15. The minimum absolute atomic E-state index is 0.0499. The molecule has 5 heteroatoms. The quantitative estimate of drug-likeness (QED) is 0.574. The summed E-state index contributed by atoms with van der Waals surface area (Å²) in [6, 6.07) is 16.6. The number of para-hydroxylation sites is 2. The lowest BCUT2D eigenvalue weighted by atomic mass is 10.2. The number of carbonyl (C=O) groups excluding carboxylic acids is 1. The van der Waals surface area contributed by atoms with Gasteiger partial charge in [0, 0.05) is 12.5 Å². The Kier molecular flexibility index (Phi) is 6.58. The van der Waals surface area contributed by atoms with Crippen molar-refractivity contribution >= 4 is 23.6 Å². The molecule has 2 N–H and O–H groups in total. The van der Waals surface area contributed by atoms with Crippen molar-refractivity contribution in [2.24, 2.45) is 0 Å². The van der Waals surface area contributed by atoms with E-state index in [0.29, 0.717) is 17.9 Å². The van der Waals surface area contributed by atoms with Gasteiger partial charge in [0.25, 0.3) is 0 Å². The van der Waals surface area contributed by atoms with E-state index in [1.54, 1.807) is 30.3 Å². The molecule has 0 aliphatic heterocycles. The summed E-state index contributed by atoms with van der Waals surface area (Å²) in [5, 5.41) is 11.4. The second-order valence-corrected chi connectivity index (χ2v) is 5.08. The molecule has 0 heterocycles. The van der Waals surface area contributed by atoms with Crippen LogP contribution >= 0.6 is 0 Å². The number of carboxylic acid groups (broad SMARTS) is 1. The van der Waals surface area contributed by atoms with Crippen molar-refractivity contribution in [3.8, 4) is 5.75 Å². The molecule has 0 aliphatic carbocycles. The largest absolute Gasteiger partial charge is 0.491 e. The van der Waals surface area contributed by atoms with Crippen molar-refractivity contribution in [1.82, 2.24) is 0 Å². The summed E-state index contributed by atoms with van der Waals surface area (Å²) < 4.78 is 5.55. The number of hydrogen-bond donors (Lipinski definition) is 2. The molecule has 2 aromatic rings. The fourth-order valence-electron chi connectivity index (χ4n) is 2.01. The molecule has 0 aromatic heterocycles. The van der Waals surface area contributed by atoms with Crippen LogP contribution < -0.4 is 10.1 Å². The third-order valence-electron chi connectivity index (χ3n) is 3.16. The molecule has 0 bridgehead atoms. The third-order valence-corrected chi connectivity index (χ3v) is 3.16. The number of anilines is 1. The number of rotatable bonds is 8. The Hall–Kier alpha value is -3.08. The molecule has 2 rings (SSSR count). The van der Waals surface area contributed by atoms with Gasteiger partial charge in [0.05, 0.1) is 12.3 Å². The Morgan fingerprint density at radius 2 is 1.75 bits per heavy atom. The van der Waals surface area contributed by atoms with Crippen LogP contribution in [0.15, 0.2) is 60.7 Å². The van der Waals surface area contributed by atoms with Crippen LogP contribution in [-0.2, 0) is 9.59 Å². The van der Waals surface area contributed by atoms with Gasteiger partial charge >= 0.3 is 5.97 Å². The molecule has 24 heavy (non-hydrogen) atoms. The Labute approximate surface area is 140 Å². The van der Waals surface area contributed by atoms with Gasteiger partial charge in [-0.2, -0.15) is 0 Å². The van der Waals surface area contributed by atoms with Gasteiger partial charge in [-0.25, -0.2) is 0 Å². The Morgan fingerprint density at radius 3 is 2.50 bits per heavy atom. The predicted molar refractivity (Wildman–Crippen MR) is 92.9 cm³/mol. The number of aliphatic carboxylic acids is 1. The monoisotopic (exact) mass is 325 g/mol. The van der Waals surface area contributed by atoms with E-state index in [0.717, 1.165) is 5.56 Å². The van der Waals surface area contributed by atoms with E-state index in [2.05, 4.69) is 5.32 Å². The molecule has 0 spiro atoms. The SMILES string of the molecule is O=C(O)CCCOc1ccccc1NC(=O)C=Cc1ccccc1. The molecule has 2 aromatic carbocycles. The lowest BCUT2D eigenvalue weighted by molar-refractivity contribution is -0.137. The summed E-state index contributed by atoms with van der Waals surface area (Å²) in [5.41, 5.74) is 1.49. The van der Waals surface area contributed by atoms with E-state index in [1.807, 2.05) is 30.3 Å². The number of carbonyl (C=O) groups is 2. The molecule has 0 unspecified atom stereocenters. The van der Waals surface area contributed by atoms with Crippen LogP contribution in [0.3, 0.4) is 0 Å². The molecule has 0 aliphatic rings. The number of carboxylic acids is 1. The zero-order valence-corrected chi connectivity index (χ0v) is 13.1. The van der Waals surface area contributed by atoms with Crippen LogP contribution in [0, 0.1) is 0 Å². The van der Waals surface area contributed by atoms with Crippen LogP contribution in [0.25, 0.3) is 6.08 Å². The summed E-state index contributed by atoms with van der Waals surface area (Å²) in [5.74, 6) is -0.601. The van der Waals surface area contributed by atoms with Crippen LogP contribution in [0.2, 0.25) is 0 Å². The van der Waals surface area contributed by atoms with Crippen molar-refractivity contribution < 1.29 is 19.4 Å². The molecule has 0 atom stereocenters. The molecular formula is C19H19NO4. The van der Waals surface area contributed by atoms with Crippen LogP contribution in [0.4, 0.5) is 5.69 Å². The van der Waals surface area contributed by atoms with Gasteiger partial charge < -0.3 is 15.2 Å². The van der Waals surface area contributed by atoms with Crippen molar-refractivity contribution in [1.29, 1.82) is 0 Å². The highest BCUT2D eigenvalue weighted by Crippen LogP contribution is 2.24. The fraction of sp³-hybridized carbons (Fsp3) is 0.158. The van der Waals surface area contributed by atoms with Crippen LogP contribution in [0.1, 0.15) is 18.4 Å². The number of ether oxygens (including phenoxy) is 1. The molecule has 0 fully saturated rings. The topological polar surface area (TPSA) is 75.6 Å². The minimum Gasteiger partial charge on any atom is -0.491 e. The number of benzene rings is 2. The fourth-order valence-corrected chi connectivity index (χ4v) is 2.01. The number of hydrogen-bond acceptors (Lipinski definition) is 3. The second-order valence-electron chi connectivity index (χ2n) is 5.08. The average molecular weight is 325 g/mol. The minimum atomic E-state index is -0.855. The Morgan fingerprint density at radius 1 is 1.04 bits per heavy atom. The smallest absolute Gasteiger partial charge is 0.303 e. The molecule has 0 saturated carbocycles. The normalized spacial score (nSPS) is 10.5. The van der Waals surface area contributed by atoms with Crippen LogP contribution in [-0.4, -0.2) is 23.6 Å². The van der Waals surface area contributed by atoms with E-state index in [1.165, 1.54) is 6.08 Å². The lowest BCUT2D eigenvalue weighted by Crippen LogP contribution is -2.10. The van der Waals surface area contributed by atoms with Gasteiger partial charge in [-0.05, 0) is 30.2 Å². The first-order chi connectivity index (χ1) is 11.6. The maximum Gasteiger partial charge on any atom is 0.303 e. The van der Waals surface area contributed by atoms with Crippen molar-refractivity contribution in [2.45, 2.75) is 12.8 Å². The highest BCUT2D eigenvalue weighted by Gasteiger charge is 2.06. The maximum absolute atomic E-state index is 12.0. The number of nitrogens with one attached hydrogen (secondary N) is 1. The van der Waals surface area contributed by atoms with E-state index >= 15 is 0 Å². The van der Waals surface area contributed by atoms with E-state index in [-0.39, 0.29) is 18.9 Å². The molecule has 5 nitrogen and oxygen atoms in total. The lowest BCUT2D eigenvalue weighted by Gasteiger charge is -2.11. The van der Waals surface area contributed by atoms with Gasteiger partial charge in [-0.3, -0.25) is 9.59 Å². The van der Waals surface area contributed by atoms with E-state index < -0.39 is 5.97 Å². The predicted octanol–water partition coefficient (Wildman–Crippen LogP) is 3.58. The van der Waals surface area contributed by atoms with Gasteiger partial charge in [0.1, 0.15) is 5.75 Å². The van der Waals surface area contributed by atoms with Gasteiger partial charge in [0.2, 0.25) is 5.91 Å². The molecule has 124 valence electrons. The highest BCUT2D eigenvalue weighted by molar-refractivity contribution is 6.02. The number of amides is 1. The summed E-state index contributed by atoms with van der Waals surface area (Å²) >= 11 is 0. The third kappa shape index (κ3) is 5.96. The highest BCUT2D eigenvalue weighted by atomic mass is 16.5. The summed E-state index contributed by atoms with van der Waals surface area (Å²) in [7, 11) is 0. The van der Waals surface area contributed by atoms with E-state index in [4.69, 9.17) is 9.84 Å². The Balaban J connectivity index is 1.92. The molecule has 0 saturated heterocycles. The van der Waals surface area contributed by atoms with Crippen molar-refractivity contribution in [3.63, 3.8) is 0 Å². The average Bonchev–Trinajstić information content (AvgIpc) is 2.59. The zero-order chi connectivity index (χ0) is 17.2. The van der Waals surface area contributed by atoms with Crippen LogP contribution in [0.5, 0.6) is 5.75 Å². The summed E-state index contributed by atoms with van der Waals surface area (Å²) in [6.07, 6.45) is 3.64. The van der Waals surface area contributed by atoms with Crippen molar-refractivity contribution in [3.05, 3.63) is 66.2 Å². The molecule has 1 amide bonds. The first-order valence-corrected chi connectivity index (χ1v) is 7.63. The van der Waals surface area contributed by atoms with Gasteiger partial charge in [0.15, 0.2) is 0 Å². The zero-order valence-electron chi connectivity index (χ0n) is 13.1. The Bertz CT molecular complexity index is 710. The maximum atomic E-state index is 12.0. The van der Waals surface area contributed by atoms with Gasteiger partial charge in [-0.1, -0.05) is 42.5 Å². The standard InChI is InChI=1S/C19H19NO4/c21-18(13-12-15-7-2-1-3-8-15)20-16-9-4-5-10-17(16)24-14-6-11-19(22)23/h1-5,7-10,12-13H,6,11,14H2,(H,20,21)(H,22,23). The summed E-state index contributed by atoms with van der Waals surface area (Å²) in [4.78, 5) is 22.5. The first kappa shape index (κ1) is 17.3. The summed E-state index contributed by atoms with van der Waals surface area (Å²) in [6.45, 7) is 0.277. The molecule has 0 radical (unpaired) electrons. The van der Waals surface area contributed by atoms with Crippen molar-refractivity contribution in [2.75, 3.05) is 11.9 Å². The molecular weight excluding hydrogens is 306 g/mol.